The zero-order valence-corrected chi connectivity index (χ0v) is 14.5. The first-order valence-corrected chi connectivity index (χ1v) is 8.62. The summed E-state index contributed by atoms with van der Waals surface area (Å²) in [6.07, 6.45) is 0. The number of halogens is 1. The summed E-state index contributed by atoms with van der Waals surface area (Å²) >= 11 is 6.11. The third-order valence-electron chi connectivity index (χ3n) is 3.29. The molecule has 0 aliphatic rings. The predicted octanol–water partition coefficient (Wildman–Crippen LogP) is 2.10. The second-order valence-electron chi connectivity index (χ2n) is 4.86. The lowest BCUT2D eigenvalue weighted by atomic mass is 10.2. The minimum absolute atomic E-state index is 0.241. The number of benzene rings is 1. The van der Waals surface area contributed by atoms with Crippen molar-refractivity contribution in [2.75, 3.05) is 27.3 Å². The van der Waals surface area contributed by atoms with E-state index in [1.807, 2.05) is 6.92 Å². The lowest BCUT2D eigenvalue weighted by molar-refractivity contribution is 0.149. The Hall–Kier alpha value is -0.660. The number of sulfonamides is 1. The summed E-state index contributed by atoms with van der Waals surface area (Å²) in [6, 6.07) is 4.53. The Labute approximate surface area is 132 Å². The van der Waals surface area contributed by atoms with E-state index >= 15 is 0 Å². The number of hydrogen-bond donors (Lipinski definition) is 1. The Morgan fingerprint density at radius 2 is 2.10 bits per heavy atom. The molecule has 21 heavy (non-hydrogen) atoms. The van der Waals surface area contributed by atoms with Crippen LogP contribution in [0.1, 0.15) is 19.4 Å². The molecule has 0 radical (unpaired) electrons. The Morgan fingerprint density at radius 3 is 2.67 bits per heavy atom. The van der Waals surface area contributed by atoms with Crippen LogP contribution in [0, 0.1) is 0 Å². The average Bonchev–Trinajstić information content (AvgIpc) is 2.45. The third kappa shape index (κ3) is 4.66. The number of hydrogen-bond acceptors (Lipinski definition) is 4. The van der Waals surface area contributed by atoms with Gasteiger partial charge < -0.3 is 10.1 Å². The average molecular weight is 335 g/mol. The minimum atomic E-state index is -3.56. The summed E-state index contributed by atoms with van der Waals surface area (Å²) in [5.74, 6) is 0. The van der Waals surface area contributed by atoms with Gasteiger partial charge in [-0.1, -0.05) is 18.5 Å². The van der Waals surface area contributed by atoms with E-state index in [-0.39, 0.29) is 10.9 Å². The standard InChI is InChI=1S/C14H23ClN2O3S/c1-5-16-9-12-8-13(6-7-14(12)15)21(18,19)17(3)11(2)10-20-4/h6-8,11,16H,5,9-10H2,1-4H3. The molecule has 0 saturated heterocycles. The molecule has 1 rings (SSSR count). The van der Waals surface area contributed by atoms with Crippen LogP contribution in [0.15, 0.2) is 23.1 Å². The number of likely N-dealkylation sites (N-methyl/N-ethyl adjacent to an activating group) is 1. The molecule has 1 atom stereocenters. The van der Waals surface area contributed by atoms with Crippen molar-refractivity contribution in [2.45, 2.75) is 31.3 Å². The highest BCUT2D eigenvalue weighted by molar-refractivity contribution is 7.89. The molecule has 0 amide bonds. The summed E-state index contributed by atoms with van der Waals surface area (Å²) in [5.41, 5.74) is 0.771. The SMILES string of the molecule is CCNCc1cc(S(=O)(=O)N(C)C(C)COC)ccc1Cl. The molecule has 120 valence electrons. The van der Waals surface area contributed by atoms with Crippen LogP contribution in [0.3, 0.4) is 0 Å². The molecule has 0 fully saturated rings. The lowest BCUT2D eigenvalue weighted by Gasteiger charge is -2.24. The smallest absolute Gasteiger partial charge is 0.243 e. The van der Waals surface area contributed by atoms with E-state index in [1.54, 1.807) is 33.2 Å². The van der Waals surface area contributed by atoms with Gasteiger partial charge in [0.1, 0.15) is 0 Å². The number of rotatable bonds is 8. The van der Waals surface area contributed by atoms with Gasteiger partial charge in [-0.25, -0.2) is 8.42 Å². The fraction of sp³-hybridized carbons (Fsp3) is 0.571. The highest BCUT2D eigenvalue weighted by Gasteiger charge is 2.25. The number of methoxy groups -OCH3 is 1. The van der Waals surface area contributed by atoms with Crippen LogP contribution in [0.25, 0.3) is 0 Å². The summed E-state index contributed by atoms with van der Waals surface area (Å²) in [4.78, 5) is 0.241. The van der Waals surface area contributed by atoms with Crippen molar-refractivity contribution < 1.29 is 13.2 Å². The van der Waals surface area contributed by atoms with Gasteiger partial charge in [-0.3, -0.25) is 0 Å². The van der Waals surface area contributed by atoms with E-state index < -0.39 is 10.0 Å². The summed E-state index contributed by atoms with van der Waals surface area (Å²) in [6.45, 7) is 5.45. The fourth-order valence-corrected chi connectivity index (χ4v) is 3.44. The maximum Gasteiger partial charge on any atom is 0.243 e. The lowest BCUT2D eigenvalue weighted by Crippen LogP contribution is -2.37. The maximum absolute atomic E-state index is 12.6. The van der Waals surface area contributed by atoms with Crippen molar-refractivity contribution in [3.8, 4) is 0 Å². The zero-order chi connectivity index (χ0) is 16.0. The highest BCUT2D eigenvalue weighted by atomic mass is 35.5. The van der Waals surface area contributed by atoms with Gasteiger partial charge in [0.25, 0.3) is 0 Å². The van der Waals surface area contributed by atoms with Crippen LogP contribution in [0.2, 0.25) is 5.02 Å². The molecule has 1 unspecified atom stereocenters. The first-order valence-electron chi connectivity index (χ1n) is 6.80. The largest absolute Gasteiger partial charge is 0.383 e. The van der Waals surface area contributed by atoms with Crippen molar-refractivity contribution in [1.29, 1.82) is 0 Å². The van der Waals surface area contributed by atoms with Gasteiger partial charge in [-0.15, -0.1) is 0 Å². The van der Waals surface area contributed by atoms with Crippen LogP contribution >= 0.6 is 11.6 Å². The Balaban J connectivity index is 3.08. The quantitative estimate of drug-likeness (QED) is 0.791. The van der Waals surface area contributed by atoms with E-state index in [0.717, 1.165) is 12.1 Å². The van der Waals surface area contributed by atoms with E-state index in [2.05, 4.69) is 5.32 Å². The van der Waals surface area contributed by atoms with Crippen LogP contribution in [0.5, 0.6) is 0 Å². The molecule has 1 aromatic rings. The molecular weight excluding hydrogens is 312 g/mol. The van der Waals surface area contributed by atoms with Gasteiger partial charge in [-0.05, 0) is 37.2 Å². The summed E-state index contributed by atoms with van der Waals surface area (Å²) in [7, 11) is -0.455. The van der Waals surface area contributed by atoms with E-state index in [0.29, 0.717) is 18.2 Å². The molecule has 0 aromatic heterocycles. The van der Waals surface area contributed by atoms with Gasteiger partial charge in [-0.2, -0.15) is 4.31 Å². The number of nitrogens with zero attached hydrogens (tertiary/aromatic N) is 1. The Morgan fingerprint density at radius 1 is 1.43 bits per heavy atom. The number of nitrogens with one attached hydrogen (secondary N) is 1. The van der Waals surface area contributed by atoms with E-state index in [9.17, 15) is 8.42 Å². The molecule has 1 aromatic carbocycles. The molecule has 0 spiro atoms. The van der Waals surface area contributed by atoms with Crippen molar-refractivity contribution in [3.63, 3.8) is 0 Å². The van der Waals surface area contributed by atoms with Crippen LogP contribution < -0.4 is 5.32 Å². The molecule has 5 nitrogen and oxygen atoms in total. The molecule has 0 heterocycles. The van der Waals surface area contributed by atoms with Crippen LogP contribution in [-0.2, 0) is 21.3 Å². The van der Waals surface area contributed by atoms with Crippen LogP contribution in [-0.4, -0.2) is 46.1 Å². The van der Waals surface area contributed by atoms with Gasteiger partial charge in [0, 0.05) is 31.8 Å². The molecule has 1 N–H and O–H groups in total. The van der Waals surface area contributed by atoms with Crippen LogP contribution in [0.4, 0.5) is 0 Å². The van der Waals surface area contributed by atoms with E-state index in [1.165, 1.54) is 10.4 Å². The maximum atomic E-state index is 12.6. The Bertz CT molecular complexity index is 563. The predicted molar refractivity (Wildman–Crippen MR) is 85.1 cm³/mol. The monoisotopic (exact) mass is 334 g/mol. The van der Waals surface area contributed by atoms with Gasteiger partial charge in [0.2, 0.25) is 10.0 Å². The third-order valence-corrected chi connectivity index (χ3v) is 5.62. The van der Waals surface area contributed by atoms with Gasteiger partial charge >= 0.3 is 0 Å². The second-order valence-corrected chi connectivity index (χ2v) is 7.26. The summed E-state index contributed by atoms with van der Waals surface area (Å²) < 4.78 is 31.5. The normalized spacial score (nSPS) is 13.6. The topological polar surface area (TPSA) is 58.6 Å². The van der Waals surface area contributed by atoms with E-state index in [4.69, 9.17) is 16.3 Å². The zero-order valence-electron chi connectivity index (χ0n) is 12.9. The van der Waals surface area contributed by atoms with Crippen molar-refractivity contribution in [2.24, 2.45) is 0 Å². The summed E-state index contributed by atoms with van der Waals surface area (Å²) in [5, 5.41) is 3.70. The minimum Gasteiger partial charge on any atom is -0.383 e. The van der Waals surface area contributed by atoms with Gasteiger partial charge in [0.15, 0.2) is 0 Å². The van der Waals surface area contributed by atoms with Crippen molar-refractivity contribution in [1.82, 2.24) is 9.62 Å². The molecule has 0 saturated carbocycles. The molecule has 0 aliphatic carbocycles. The second kappa shape index (κ2) is 8.10. The van der Waals surface area contributed by atoms with Crippen molar-refractivity contribution in [3.05, 3.63) is 28.8 Å². The Kier molecular flexibility index (Phi) is 7.09. The number of ether oxygens (including phenoxy) is 1. The first kappa shape index (κ1) is 18.4. The molecule has 7 heteroatoms. The molecule has 0 aliphatic heterocycles. The molecular formula is C14H23ClN2O3S. The van der Waals surface area contributed by atoms with Crippen molar-refractivity contribution >= 4 is 21.6 Å². The molecule has 0 bridgehead atoms. The highest BCUT2D eigenvalue weighted by Crippen LogP contribution is 2.23. The van der Waals surface area contributed by atoms with Gasteiger partial charge in [0.05, 0.1) is 11.5 Å². The fourth-order valence-electron chi connectivity index (χ4n) is 1.86. The first-order chi connectivity index (χ1) is 9.84.